The molecule has 0 atom stereocenters. The molecule has 170 valence electrons. The lowest BCUT2D eigenvalue weighted by atomic mass is 10.0. The van der Waals surface area contributed by atoms with Gasteiger partial charge in [0, 0.05) is 16.9 Å². The van der Waals surface area contributed by atoms with Gasteiger partial charge in [-0.15, -0.1) is 0 Å². The van der Waals surface area contributed by atoms with Gasteiger partial charge in [-0.1, -0.05) is 38.5 Å². The molecule has 0 aliphatic heterocycles. The Balaban J connectivity index is 1.88. The highest BCUT2D eigenvalue weighted by molar-refractivity contribution is 7.90. The van der Waals surface area contributed by atoms with Gasteiger partial charge >= 0.3 is 0 Å². The number of ether oxygens (including phenoxy) is 1. The van der Waals surface area contributed by atoms with Crippen LogP contribution < -0.4 is 10.1 Å². The van der Waals surface area contributed by atoms with Crippen molar-refractivity contribution in [2.45, 2.75) is 57.9 Å². The van der Waals surface area contributed by atoms with Crippen molar-refractivity contribution >= 4 is 26.8 Å². The molecular formula is C25H30N2O4S. The van der Waals surface area contributed by atoms with E-state index in [4.69, 9.17) is 4.74 Å². The van der Waals surface area contributed by atoms with Gasteiger partial charge in [0.1, 0.15) is 5.75 Å². The molecule has 1 N–H and O–H groups in total. The normalized spacial score (nSPS) is 15.2. The fourth-order valence-electron chi connectivity index (χ4n) is 3.94. The number of hydrogen-bond acceptors (Lipinski definition) is 4. The van der Waals surface area contributed by atoms with Gasteiger partial charge in [0.25, 0.3) is 10.0 Å². The molecule has 1 aliphatic carbocycles. The zero-order valence-corrected chi connectivity index (χ0v) is 20.0. The molecule has 0 unspecified atom stereocenters. The van der Waals surface area contributed by atoms with Crippen molar-refractivity contribution < 1.29 is 17.9 Å². The van der Waals surface area contributed by atoms with Crippen molar-refractivity contribution in [3.8, 4) is 5.75 Å². The van der Waals surface area contributed by atoms with Crippen LogP contribution in [-0.2, 0) is 21.4 Å². The number of hydrogen-bond donors (Lipinski definition) is 1. The molecule has 0 spiro atoms. The summed E-state index contributed by atoms with van der Waals surface area (Å²) in [4.78, 5) is 12.7. The molecule has 2 aromatic carbocycles. The summed E-state index contributed by atoms with van der Waals surface area (Å²) in [5.74, 6) is 0.818. The lowest BCUT2D eigenvalue weighted by Gasteiger charge is -2.16. The lowest BCUT2D eigenvalue weighted by Crippen LogP contribution is -2.31. The summed E-state index contributed by atoms with van der Waals surface area (Å²) in [6, 6.07) is 12.4. The standard InChI is InChI=1S/C25H30N2O4S/c1-16(2)21-13-18-12-19(15-26-24(28)25(4)10-11-25)27(22(18)14-23(21)31-5)32(29,30)20-8-6-17(3)7-9-20/h6-9,12-14,16H,10-11,15H2,1-5H3,(H,26,28). The maximum absolute atomic E-state index is 13.7. The van der Waals surface area contributed by atoms with E-state index in [-0.39, 0.29) is 28.7 Å². The summed E-state index contributed by atoms with van der Waals surface area (Å²) in [6.45, 7) is 8.12. The summed E-state index contributed by atoms with van der Waals surface area (Å²) >= 11 is 0. The van der Waals surface area contributed by atoms with Crippen LogP contribution in [0, 0.1) is 12.3 Å². The molecule has 7 heteroatoms. The average Bonchev–Trinajstić information content (AvgIpc) is 3.40. The van der Waals surface area contributed by atoms with E-state index in [0.717, 1.165) is 29.4 Å². The molecule has 6 nitrogen and oxygen atoms in total. The Morgan fingerprint density at radius 3 is 2.38 bits per heavy atom. The number of nitrogens with zero attached hydrogens (tertiary/aromatic N) is 1. The number of rotatable bonds is 7. The number of aromatic nitrogens is 1. The number of aryl methyl sites for hydroxylation is 1. The van der Waals surface area contributed by atoms with Gasteiger partial charge in [-0.05, 0) is 55.5 Å². The highest BCUT2D eigenvalue weighted by Gasteiger charge is 2.44. The molecule has 1 fully saturated rings. The topological polar surface area (TPSA) is 77.4 Å². The smallest absolute Gasteiger partial charge is 0.268 e. The van der Waals surface area contributed by atoms with E-state index in [2.05, 4.69) is 19.2 Å². The molecule has 0 saturated heterocycles. The van der Waals surface area contributed by atoms with Crippen LogP contribution in [-0.4, -0.2) is 25.4 Å². The van der Waals surface area contributed by atoms with Crippen molar-refractivity contribution in [2.24, 2.45) is 5.41 Å². The van der Waals surface area contributed by atoms with Gasteiger partial charge in [-0.25, -0.2) is 12.4 Å². The second-order valence-electron chi connectivity index (χ2n) is 9.27. The van der Waals surface area contributed by atoms with Crippen LogP contribution in [0.3, 0.4) is 0 Å². The molecule has 1 saturated carbocycles. The third-order valence-corrected chi connectivity index (χ3v) is 8.12. The van der Waals surface area contributed by atoms with Crippen molar-refractivity contribution in [3.05, 3.63) is 59.3 Å². The number of carbonyl (C=O) groups is 1. The summed E-state index contributed by atoms with van der Waals surface area (Å²) in [5.41, 5.74) is 2.70. The SMILES string of the molecule is COc1cc2c(cc1C(C)C)cc(CNC(=O)C1(C)CC1)n2S(=O)(=O)c1ccc(C)cc1. The van der Waals surface area contributed by atoms with Crippen LogP contribution in [0.2, 0.25) is 0 Å². The van der Waals surface area contributed by atoms with E-state index in [9.17, 15) is 13.2 Å². The monoisotopic (exact) mass is 454 g/mol. The molecular weight excluding hydrogens is 424 g/mol. The predicted octanol–water partition coefficient (Wildman–Crippen LogP) is 4.74. The van der Waals surface area contributed by atoms with Crippen LogP contribution in [0.1, 0.15) is 56.4 Å². The van der Waals surface area contributed by atoms with Crippen molar-refractivity contribution in [3.63, 3.8) is 0 Å². The fourth-order valence-corrected chi connectivity index (χ4v) is 5.47. The van der Waals surface area contributed by atoms with Crippen LogP contribution in [0.25, 0.3) is 10.9 Å². The molecule has 1 aliphatic rings. The predicted molar refractivity (Wildman–Crippen MR) is 126 cm³/mol. The summed E-state index contributed by atoms with van der Waals surface area (Å²) in [6.07, 6.45) is 1.72. The molecule has 1 amide bonds. The molecule has 0 radical (unpaired) electrons. The number of benzene rings is 2. The van der Waals surface area contributed by atoms with Crippen molar-refractivity contribution in [1.29, 1.82) is 0 Å². The molecule has 4 rings (SSSR count). The molecule has 1 aromatic heterocycles. The van der Waals surface area contributed by atoms with Gasteiger partial charge in [-0.3, -0.25) is 4.79 Å². The first kappa shape index (κ1) is 22.4. The van der Waals surface area contributed by atoms with E-state index in [1.165, 1.54) is 3.97 Å². The van der Waals surface area contributed by atoms with Gasteiger partial charge in [0.05, 0.1) is 29.8 Å². The number of amides is 1. The molecule has 0 bridgehead atoms. The summed E-state index contributed by atoms with van der Waals surface area (Å²) in [5, 5.41) is 3.74. The molecule has 1 heterocycles. The third-order valence-electron chi connectivity index (χ3n) is 6.34. The van der Waals surface area contributed by atoms with Crippen molar-refractivity contribution in [1.82, 2.24) is 9.29 Å². The first-order valence-electron chi connectivity index (χ1n) is 10.9. The van der Waals surface area contributed by atoms with Crippen LogP contribution in [0.5, 0.6) is 5.75 Å². The summed E-state index contributed by atoms with van der Waals surface area (Å²) < 4.78 is 34.4. The third kappa shape index (κ3) is 3.90. The van der Waals surface area contributed by atoms with Gasteiger partial charge in [0.2, 0.25) is 5.91 Å². The van der Waals surface area contributed by atoms with Crippen LogP contribution in [0.15, 0.2) is 47.4 Å². The van der Waals surface area contributed by atoms with Crippen LogP contribution in [0.4, 0.5) is 0 Å². The lowest BCUT2D eigenvalue weighted by molar-refractivity contribution is -0.125. The zero-order chi connectivity index (χ0) is 23.3. The first-order valence-corrected chi connectivity index (χ1v) is 12.3. The minimum absolute atomic E-state index is 0.0394. The quantitative estimate of drug-likeness (QED) is 0.560. The maximum atomic E-state index is 13.7. The minimum atomic E-state index is -3.89. The Kier molecular flexibility index (Phi) is 5.57. The van der Waals surface area contributed by atoms with Gasteiger partial charge in [0.15, 0.2) is 0 Å². The zero-order valence-electron chi connectivity index (χ0n) is 19.2. The Morgan fingerprint density at radius 1 is 1.16 bits per heavy atom. The molecule has 32 heavy (non-hydrogen) atoms. The number of carbonyl (C=O) groups excluding carboxylic acids is 1. The highest BCUT2D eigenvalue weighted by atomic mass is 32.2. The number of fused-ring (bicyclic) bond motifs is 1. The van der Waals surface area contributed by atoms with E-state index in [0.29, 0.717) is 17.0 Å². The largest absolute Gasteiger partial charge is 0.496 e. The fraction of sp³-hybridized carbons (Fsp3) is 0.400. The maximum Gasteiger partial charge on any atom is 0.268 e. The van der Waals surface area contributed by atoms with Crippen molar-refractivity contribution in [2.75, 3.05) is 7.11 Å². The second-order valence-corrected chi connectivity index (χ2v) is 11.1. The first-order chi connectivity index (χ1) is 15.1. The van der Waals surface area contributed by atoms with E-state index in [1.54, 1.807) is 37.4 Å². The van der Waals surface area contributed by atoms with Gasteiger partial charge in [-0.2, -0.15) is 0 Å². The Bertz CT molecular complexity index is 1280. The summed E-state index contributed by atoms with van der Waals surface area (Å²) in [7, 11) is -2.30. The Hall–Kier alpha value is -2.80. The molecule has 3 aromatic rings. The Labute approximate surface area is 189 Å². The van der Waals surface area contributed by atoms with E-state index in [1.807, 2.05) is 26.0 Å². The van der Waals surface area contributed by atoms with Crippen LogP contribution >= 0.6 is 0 Å². The highest BCUT2D eigenvalue weighted by Crippen LogP contribution is 2.45. The van der Waals surface area contributed by atoms with E-state index < -0.39 is 10.0 Å². The number of methoxy groups -OCH3 is 1. The average molecular weight is 455 g/mol. The van der Waals surface area contributed by atoms with Gasteiger partial charge < -0.3 is 10.1 Å². The minimum Gasteiger partial charge on any atom is -0.496 e. The Morgan fingerprint density at radius 2 is 1.81 bits per heavy atom. The van der Waals surface area contributed by atoms with E-state index >= 15 is 0 Å². The second kappa shape index (κ2) is 7.96. The number of nitrogens with one attached hydrogen (secondary N) is 1.